The summed E-state index contributed by atoms with van der Waals surface area (Å²) in [5.41, 5.74) is 3.99. The fraction of sp³-hybridized carbons (Fsp3) is 0.263. The number of benzene rings is 1. The molecule has 3 aromatic rings. The lowest BCUT2D eigenvalue weighted by Crippen LogP contribution is -2.04. The van der Waals surface area contributed by atoms with Crippen molar-refractivity contribution in [3.63, 3.8) is 0 Å². The van der Waals surface area contributed by atoms with Crippen LogP contribution in [0.25, 0.3) is 22.6 Å². The average Bonchev–Trinajstić information content (AvgIpc) is 2.67. The van der Waals surface area contributed by atoms with Crippen LogP contribution in [0, 0.1) is 0 Å². The van der Waals surface area contributed by atoms with Gasteiger partial charge in [0.15, 0.2) is 5.82 Å². The minimum atomic E-state index is 0.519. The number of alkyl halides is 1. The molecule has 0 aliphatic rings. The first-order chi connectivity index (χ1) is 11.7. The van der Waals surface area contributed by atoms with E-state index >= 15 is 0 Å². The Morgan fingerprint density at radius 3 is 1.92 bits per heavy atom. The molecule has 2 aromatic heterocycles. The molecule has 0 saturated heterocycles. The monoisotopic (exact) mass is 338 g/mol. The quantitative estimate of drug-likeness (QED) is 0.644. The van der Waals surface area contributed by atoms with Crippen LogP contribution in [0.1, 0.15) is 31.1 Å². The zero-order valence-electron chi connectivity index (χ0n) is 13.8. The van der Waals surface area contributed by atoms with E-state index in [2.05, 4.69) is 19.9 Å². The van der Waals surface area contributed by atoms with Gasteiger partial charge in [-0.25, -0.2) is 15.0 Å². The molecule has 4 nitrogen and oxygen atoms in total. The van der Waals surface area contributed by atoms with Crippen molar-refractivity contribution in [2.24, 2.45) is 0 Å². The van der Waals surface area contributed by atoms with E-state index in [0.717, 1.165) is 46.9 Å². The smallest absolute Gasteiger partial charge is 0.164 e. The van der Waals surface area contributed by atoms with Gasteiger partial charge in [0.1, 0.15) is 11.6 Å². The minimum Gasteiger partial charge on any atom is -0.255 e. The number of pyridine rings is 1. The Balaban J connectivity index is 1.91. The maximum Gasteiger partial charge on any atom is 0.164 e. The highest BCUT2D eigenvalue weighted by molar-refractivity contribution is 6.17. The van der Waals surface area contributed by atoms with Crippen molar-refractivity contribution >= 4 is 11.6 Å². The molecular formula is C19H19ClN4. The van der Waals surface area contributed by atoms with Crippen molar-refractivity contribution in [3.8, 4) is 22.6 Å². The Kier molecular flexibility index (Phi) is 5.16. The summed E-state index contributed by atoms with van der Waals surface area (Å²) in [4.78, 5) is 18.0. The second-order valence-corrected chi connectivity index (χ2v) is 5.73. The number of rotatable bonds is 5. The van der Waals surface area contributed by atoms with Crippen molar-refractivity contribution in [3.05, 3.63) is 59.8 Å². The van der Waals surface area contributed by atoms with Gasteiger partial charge in [0.25, 0.3) is 0 Å². The van der Waals surface area contributed by atoms with Gasteiger partial charge in [-0.2, -0.15) is 0 Å². The van der Waals surface area contributed by atoms with Crippen LogP contribution in [0.5, 0.6) is 0 Å². The van der Waals surface area contributed by atoms with E-state index in [-0.39, 0.29) is 0 Å². The maximum absolute atomic E-state index is 5.83. The molecule has 3 rings (SSSR count). The minimum absolute atomic E-state index is 0.519. The standard InChI is InChI=1S/C19H19ClN4/c1-3-17-22-18(4-2)24-19(23-17)15-9-10-16(21-12-15)14-7-5-13(11-20)6-8-14/h5-10,12H,3-4,11H2,1-2H3. The molecular weight excluding hydrogens is 320 g/mol. The summed E-state index contributed by atoms with van der Waals surface area (Å²) in [6.45, 7) is 4.09. The third-order valence-electron chi connectivity index (χ3n) is 3.79. The second kappa shape index (κ2) is 7.49. The zero-order chi connectivity index (χ0) is 16.9. The van der Waals surface area contributed by atoms with E-state index in [1.807, 2.05) is 56.4 Å². The molecule has 0 aliphatic carbocycles. The summed E-state index contributed by atoms with van der Waals surface area (Å²) >= 11 is 5.83. The number of halogens is 1. The Morgan fingerprint density at radius 2 is 1.42 bits per heavy atom. The highest BCUT2D eigenvalue weighted by atomic mass is 35.5. The molecule has 24 heavy (non-hydrogen) atoms. The lowest BCUT2D eigenvalue weighted by atomic mass is 10.1. The molecule has 0 N–H and O–H groups in total. The van der Waals surface area contributed by atoms with Crippen molar-refractivity contribution in [1.82, 2.24) is 19.9 Å². The molecule has 0 radical (unpaired) electrons. The van der Waals surface area contributed by atoms with Crippen molar-refractivity contribution < 1.29 is 0 Å². The number of aromatic nitrogens is 4. The van der Waals surface area contributed by atoms with Crippen LogP contribution < -0.4 is 0 Å². The first-order valence-electron chi connectivity index (χ1n) is 8.09. The Bertz CT molecular complexity index is 792. The number of hydrogen-bond acceptors (Lipinski definition) is 4. The molecule has 0 aliphatic heterocycles. The molecule has 122 valence electrons. The van der Waals surface area contributed by atoms with E-state index in [4.69, 9.17) is 11.6 Å². The molecule has 0 fully saturated rings. The number of aryl methyl sites for hydroxylation is 2. The highest BCUT2D eigenvalue weighted by Gasteiger charge is 2.08. The van der Waals surface area contributed by atoms with Crippen molar-refractivity contribution in [1.29, 1.82) is 0 Å². The lowest BCUT2D eigenvalue weighted by Gasteiger charge is -2.06. The average molecular weight is 339 g/mol. The van der Waals surface area contributed by atoms with Crippen LogP contribution in [-0.2, 0) is 18.7 Å². The third kappa shape index (κ3) is 3.60. The van der Waals surface area contributed by atoms with Gasteiger partial charge in [-0.1, -0.05) is 38.1 Å². The van der Waals surface area contributed by atoms with E-state index in [0.29, 0.717) is 11.7 Å². The summed E-state index contributed by atoms with van der Waals surface area (Å²) in [5, 5.41) is 0. The molecule has 0 amide bonds. The van der Waals surface area contributed by atoms with Gasteiger partial charge >= 0.3 is 0 Å². The summed E-state index contributed by atoms with van der Waals surface area (Å²) in [6, 6.07) is 12.1. The molecule has 0 spiro atoms. The molecule has 0 bridgehead atoms. The highest BCUT2D eigenvalue weighted by Crippen LogP contribution is 2.21. The molecule has 0 saturated carbocycles. The van der Waals surface area contributed by atoms with Gasteiger partial charge in [0, 0.05) is 36.0 Å². The normalized spacial score (nSPS) is 10.8. The van der Waals surface area contributed by atoms with Crippen LogP contribution >= 0.6 is 11.6 Å². The maximum atomic E-state index is 5.83. The Hall–Kier alpha value is -2.33. The Morgan fingerprint density at radius 1 is 0.792 bits per heavy atom. The summed E-state index contributed by atoms with van der Waals surface area (Å²) in [5.74, 6) is 2.84. The van der Waals surface area contributed by atoms with E-state index < -0.39 is 0 Å². The van der Waals surface area contributed by atoms with Gasteiger partial charge in [0.05, 0.1) is 5.69 Å². The second-order valence-electron chi connectivity index (χ2n) is 5.46. The number of hydrogen-bond donors (Lipinski definition) is 0. The summed E-state index contributed by atoms with van der Waals surface area (Å²) < 4.78 is 0. The van der Waals surface area contributed by atoms with Gasteiger partial charge in [-0.15, -0.1) is 11.6 Å². The van der Waals surface area contributed by atoms with Gasteiger partial charge in [-0.05, 0) is 17.7 Å². The third-order valence-corrected chi connectivity index (χ3v) is 4.09. The lowest BCUT2D eigenvalue weighted by molar-refractivity contribution is 0.831. The fourth-order valence-electron chi connectivity index (χ4n) is 2.38. The van der Waals surface area contributed by atoms with Crippen LogP contribution in [0.3, 0.4) is 0 Å². The first-order valence-corrected chi connectivity index (χ1v) is 8.62. The van der Waals surface area contributed by atoms with Gasteiger partial charge in [0.2, 0.25) is 0 Å². The van der Waals surface area contributed by atoms with E-state index in [1.165, 1.54) is 0 Å². The van der Waals surface area contributed by atoms with Gasteiger partial charge < -0.3 is 0 Å². The summed E-state index contributed by atoms with van der Waals surface area (Å²) in [7, 11) is 0. The van der Waals surface area contributed by atoms with Crippen molar-refractivity contribution in [2.75, 3.05) is 0 Å². The molecule has 1 aromatic carbocycles. The van der Waals surface area contributed by atoms with Gasteiger partial charge in [-0.3, -0.25) is 4.98 Å². The molecule has 5 heteroatoms. The van der Waals surface area contributed by atoms with E-state index in [9.17, 15) is 0 Å². The molecule has 2 heterocycles. The largest absolute Gasteiger partial charge is 0.255 e. The van der Waals surface area contributed by atoms with Crippen LogP contribution in [0.4, 0.5) is 0 Å². The predicted molar refractivity (Wildman–Crippen MR) is 96.8 cm³/mol. The Labute approximate surface area is 147 Å². The predicted octanol–water partition coefficient (Wildman–Crippen LogP) is 4.46. The first kappa shape index (κ1) is 16.5. The summed E-state index contributed by atoms with van der Waals surface area (Å²) in [6.07, 6.45) is 3.40. The SMILES string of the molecule is CCc1nc(CC)nc(-c2ccc(-c3ccc(CCl)cc3)nc2)n1. The van der Waals surface area contributed by atoms with Crippen molar-refractivity contribution in [2.45, 2.75) is 32.6 Å². The zero-order valence-corrected chi connectivity index (χ0v) is 14.6. The fourth-order valence-corrected chi connectivity index (χ4v) is 2.55. The van der Waals surface area contributed by atoms with E-state index in [1.54, 1.807) is 0 Å². The van der Waals surface area contributed by atoms with Crippen LogP contribution in [-0.4, -0.2) is 19.9 Å². The van der Waals surface area contributed by atoms with Crippen LogP contribution in [0.2, 0.25) is 0 Å². The number of nitrogens with zero attached hydrogens (tertiary/aromatic N) is 4. The molecule has 0 unspecified atom stereocenters. The topological polar surface area (TPSA) is 51.6 Å². The molecule has 0 atom stereocenters. The van der Waals surface area contributed by atoms with Crippen LogP contribution in [0.15, 0.2) is 42.6 Å².